The third kappa shape index (κ3) is 3.26. The summed E-state index contributed by atoms with van der Waals surface area (Å²) in [4.78, 5) is 65.4. The van der Waals surface area contributed by atoms with Crippen LogP contribution in [0.25, 0.3) is 10.8 Å². The number of carbonyl (C=O) groups is 5. The molecule has 4 rings (SSSR count). The van der Waals surface area contributed by atoms with Gasteiger partial charge in [0.25, 0.3) is 23.6 Å². The van der Waals surface area contributed by atoms with Crippen molar-refractivity contribution in [2.24, 2.45) is 5.92 Å². The van der Waals surface area contributed by atoms with Gasteiger partial charge in [-0.3, -0.25) is 33.8 Å². The van der Waals surface area contributed by atoms with Crippen molar-refractivity contribution in [3.63, 3.8) is 0 Å². The lowest BCUT2D eigenvalue weighted by Gasteiger charge is -2.32. The monoisotopic (exact) mass is 436 g/mol. The summed E-state index contributed by atoms with van der Waals surface area (Å²) in [5, 5.41) is 9.62. The third-order valence-corrected chi connectivity index (χ3v) is 6.34. The highest BCUT2D eigenvalue weighted by atomic mass is 16.4. The Bertz CT molecular complexity index is 1110. The molecule has 32 heavy (non-hydrogen) atoms. The van der Waals surface area contributed by atoms with Gasteiger partial charge in [0.2, 0.25) is 0 Å². The minimum atomic E-state index is -1.31. The largest absolute Gasteiger partial charge is 0.480 e. The summed E-state index contributed by atoms with van der Waals surface area (Å²) in [6, 6.07) is 5.86. The molecule has 0 saturated carbocycles. The van der Waals surface area contributed by atoms with Gasteiger partial charge in [0.1, 0.15) is 6.54 Å². The first-order valence-corrected chi connectivity index (χ1v) is 10.8. The van der Waals surface area contributed by atoms with Gasteiger partial charge in [-0.25, -0.2) is 0 Å². The zero-order valence-corrected chi connectivity index (χ0v) is 18.0. The zero-order chi connectivity index (χ0) is 23.2. The predicted octanol–water partition coefficient (Wildman–Crippen LogP) is 3.33. The van der Waals surface area contributed by atoms with Gasteiger partial charge in [0, 0.05) is 39.6 Å². The van der Waals surface area contributed by atoms with E-state index < -0.39 is 36.1 Å². The van der Waals surface area contributed by atoms with Crippen molar-refractivity contribution < 1.29 is 29.1 Å². The Labute approximate surface area is 184 Å². The van der Waals surface area contributed by atoms with Crippen LogP contribution < -0.4 is 0 Å². The number of carboxylic acids is 1. The van der Waals surface area contributed by atoms with E-state index in [9.17, 15) is 24.0 Å². The zero-order valence-electron chi connectivity index (χ0n) is 18.0. The maximum absolute atomic E-state index is 13.3. The van der Waals surface area contributed by atoms with Crippen LogP contribution in [0.15, 0.2) is 24.3 Å². The normalized spacial score (nSPS) is 16.2. The molecule has 2 aromatic carbocycles. The molecule has 2 aliphatic heterocycles. The molecule has 1 N–H and O–H groups in total. The third-order valence-electron chi connectivity index (χ3n) is 6.34. The fraction of sp³-hybridized carbons (Fsp3) is 0.375. The molecule has 0 aromatic heterocycles. The fourth-order valence-electron chi connectivity index (χ4n) is 4.59. The summed E-state index contributed by atoms with van der Waals surface area (Å²) in [6.45, 7) is 3.70. The van der Waals surface area contributed by atoms with Crippen molar-refractivity contribution in [2.75, 3.05) is 13.1 Å². The molecule has 0 bridgehead atoms. The van der Waals surface area contributed by atoms with Crippen LogP contribution >= 0.6 is 0 Å². The number of unbranched alkanes of at least 4 members (excludes halogenated alkanes) is 1. The number of carboxylic acid groups (broad SMARTS) is 1. The lowest BCUT2D eigenvalue weighted by atomic mass is 9.85. The number of hydrogen-bond acceptors (Lipinski definition) is 5. The van der Waals surface area contributed by atoms with E-state index in [1.165, 1.54) is 29.2 Å². The Kier molecular flexibility index (Phi) is 5.54. The number of carbonyl (C=O) groups excluding carboxylic acids is 4. The number of nitrogens with zero attached hydrogens (tertiary/aromatic N) is 2. The van der Waals surface area contributed by atoms with Gasteiger partial charge < -0.3 is 5.11 Å². The van der Waals surface area contributed by atoms with E-state index in [1.54, 1.807) is 0 Å². The highest BCUT2D eigenvalue weighted by Crippen LogP contribution is 2.38. The lowest BCUT2D eigenvalue weighted by molar-refractivity contribution is -0.137. The van der Waals surface area contributed by atoms with Crippen LogP contribution in [0, 0.1) is 5.92 Å². The van der Waals surface area contributed by atoms with Crippen LogP contribution in [0.3, 0.4) is 0 Å². The van der Waals surface area contributed by atoms with Gasteiger partial charge in [0.15, 0.2) is 0 Å². The minimum absolute atomic E-state index is 0.116. The smallest absolute Gasteiger partial charge is 0.323 e. The van der Waals surface area contributed by atoms with Crippen LogP contribution in [0.4, 0.5) is 0 Å². The predicted molar refractivity (Wildman–Crippen MR) is 116 cm³/mol. The SMILES string of the molecule is CCCCC(CC)CN1C(=O)c2ccc3c4c(ccc(c24)C1=O)C(=O)N(CC(=O)O)C3=O. The van der Waals surface area contributed by atoms with E-state index >= 15 is 0 Å². The molecule has 0 fully saturated rings. The molecule has 8 nitrogen and oxygen atoms in total. The first kappa shape index (κ1) is 21.7. The number of amides is 4. The van der Waals surface area contributed by atoms with E-state index in [1.807, 2.05) is 6.92 Å². The molecule has 0 radical (unpaired) electrons. The summed E-state index contributed by atoms with van der Waals surface area (Å²) in [7, 11) is 0. The Hall–Kier alpha value is -3.55. The van der Waals surface area contributed by atoms with Gasteiger partial charge in [-0.1, -0.05) is 33.1 Å². The van der Waals surface area contributed by atoms with Crippen molar-refractivity contribution in [1.29, 1.82) is 0 Å². The average Bonchev–Trinajstić information content (AvgIpc) is 2.78. The molecule has 0 spiro atoms. The van der Waals surface area contributed by atoms with Crippen LogP contribution in [0.5, 0.6) is 0 Å². The van der Waals surface area contributed by atoms with Crippen LogP contribution in [-0.2, 0) is 4.79 Å². The highest BCUT2D eigenvalue weighted by Gasteiger charge is 2.40. The highest BCUT2D eigenvalue weighted by molar-refractivity contribution is 6.33. The molecule has 0 saturated heterocycles. The van der Waals surface area contributed by atoms with Crippen LogP contribution in [-0.4, -0.2) is 57.6 Å². The molecule has 2 aromatic rings. The number of benzene rings is 2. The molecule has 2 aliphatic rings. The van der Waals surface area contributed by atoms with Gasteiger partial charge >= 0.3 is 5.97 Å². The van der Waals surface area contributed by atoms with E-state index in [2.05, 4.69) is 6.92 Å². The van der Waals surface area contributed by atoms with E-state index in [0.29, 0.717) is 16.8 Å². The van der Waals surface area contributed by atoms with E-state index in [4.69, 9.17) is 5.11 Å². The first-order chi connectivity index (χ1) is 15.3. The standard InChI is InChI=1S/C24H24N2O6/c1-3-5-6-13(4-2)11-25-21(29)14-7-9-16-20-17(10-8-15(19(14)20)22(25)30)24(32)26(23(16)31)12-18(27)28/h7-10,13H,3-6,11-12H2,1-2H3,(H,27,28). The number of aliphatic carboxylic acids is 1. The maximum Gasteiger partial charge on any atom is 0.323 e. The summed E-state index contributed by atoms with van der Waals surface area (Å²) in [6.07, 6.45) is 3.82. The Balaban J connectivity index is 1.81. The molecule has 0 aliphatic carbocycles. The average molecular weight is 436 g/mol. The summed E-state index contributed by atoms with van der Waals surface area (Å²) in [5.74, 6) is -3.48. The second-order valence-corrected chi connectivity index (χ2v) is 8.30. The molecule has 166 valence electrons. The summed E-state index contributed by atoms with van der Waals surface area (Å²) >= 11 is 0. The van der Waals surface area contributed by atoms with Gasteiger partial charge in [-0.2, -0.15) is 0 Å². The summed E-state index contributed by atoms with van der Waals surface area (Å²) in [5.41, 5.74) is 0.783. The molecule has 4 amide bonds. The Morgan fingerprint density at radius 2 is 1.25 bits per heavy atom. The molecule has 1 unspecified atom stereocenters. The van der Waals surface area contributed by atoms with Crippen molar-refractivity contribution in [1.82, 2.24) is 9.80 Å². The first-order valence-electron chi connectivity index (χ1n) is 10.8. The van der Waals surface area contributed by atoms with Crippen molar-refractivity contribution in [3.05, 3.63) is 46.5 Å². The summed E-state index contributed by atoms with van der Waals surface area (Å²) < 4.78 is 0. The van der Waals surface area contributed by atoms with Gasteiger partial charge in [-0.15, -0.1) is 0 Å². The number of rotatable bonds is 8. The van der Waals surface area contributed by atoms with Crippen molar-refractivity contribution in [2.45, 2.75) is 39.5 Å². The van der Waals surface area contributed by atoms with Crippen molar-refractivity contribution >= 4 is 40.4 Å². The maximum atomic E-state index is 13.3. The molecular weight excluding hydrogens is 412 g/mol. The van der Waals surface area contributed by atoms with Gasteiger partial charge in [0.05, 0.1) is 0 Å². The minimum Gasteiger partial charge on any atom is -0.480 e. The second-order valence-electron chi connectivity index (χ2n) is 8.30. The quantitative estimate of drug-likeness (QED) is 0.635. The second kappa shape index (κ2) is 8.18. The van der Waals surface area contributed by atoms with Gasteiger partial charge in [-0.05, 0) is 36.6 Å². The number of hydrogen-bond donors (Lipinski definition) is 1. The molecule has 8 heteroatoms. The van der Waals surface area contributed by atoms with Crippen molar-refractivity contribution in [3.8, 4) is 0 Å². The molecule has 1 atom stereocenters. The number of imide groups is 2. The van der Waals surface area contributed by atoms with E-state index in [-0.39, 0.29) is 33.6 Å². The molecule has 2 heterocycles. The van der Waals surface area contributed by atoms with E-state index in [0.717, 1.165) is 25.7 Å². The Morgan fingerprint density at radius 1 is 0.812 bits per heavy atom. The molecular formula is C24H24N2O6. The fourth-order valence-corrected chi connectivity index (χ4v) is 4.59. The van der Waals surface area contributed by atoms with Crippen LogP contribution in [0.1, 0.15) is 81.0 Å². The topological polar surface area (TPSA) is 112 Å². The Morgan fingerprint density at radius 3 is 1.62 bits per heavy atom. The van der Waals surface area contributed by atoms with Crippen LogP contribution in [0.2, 0.25) is 0 Å². The lowest BCUT2D eigenvalue weighted by Crippen LogP contribution is -2.45.